The lowest BCUT2D eigenvalue weighted by molar-refractivity contribution is -0.893. The first kappa shape index (κ1) is 12.7. The summed E-state index contributed by atoms with van der Waals surface area (Å²) in [6.07, 6.45) is 4.81. The van der Waals surface area contributed by atoms with E-state index in [1.54, 1.807) is 0 Å². The number of rotatable bonds is 3. The Morgan fingerprint density at radius 2 is 2.17 bits per heavy atom. The van der Waals surface area contributed by atoms with Crippen molar-refractivity contribution >= 4 is 18.0 Å². The Morgan fingerprint density at radius 3 is 2.78 bits per heavy atom. The predicted molar refractivity (Wildman–Crippen MR) is 75.4 cm³/mol. The number of likely N-dealkylation sites (tertiary alicyclic amines) is 1. The number of carbonyl (C=O) groups excluding carboxylic acids is 1. The van der Waals surface area contributed by atoms with Gasteiger partial charge in [0.15, 0.2) is 0 Å². The summed E-state index contributed by atoms with van der Waals surface area (Å²) in [4.78, 5) is 11.4. The van der Waals surface area contributed by atoms with Gasteiger partial charge in [0.1, 0.15) is 12.8 Å². The third-order valence-electron chi connectivity index (χ3n) is 4.95. The average Bonchev–Trinajstić information content (AvgIpc) is 2.75. The number of aldehydes is 1. The largest absolute Gasteiger partial charge is 0.327 e. The van der Waals surface area contributed by atoms with Gasteiger partial charge >= 0.3 is 0 Å². The summed E-state index contributed by atoms with van der Waals surface area (Å²) in [6, 6.07) is 0.313. The molecular formula is C14H23N2OS+. The smallest absolute Gasteiger partial charge is 0.146 e. The number of carbonyl (C=O) groups is 1. The van der Waals surface area contributed by atoms with Gasteiger partial charge in [-0.3, -0.25) is 4.79 Å². The lowest BCUT2D eigenvalue weighted by Crippen LogP contribution is -2.54. The van der Waals surface area contributed by atoms with Crippen LogP contribution in [0.5, 0.6) is 0 Å². The standard InChI is InChI=1S/C14H23N2OS/c1-16(4-2-3-5-16)7-10-9-18-14-11(6-13(14)15)12(10)8-17/h8,11,13-14H,2-7,9,15H2,1H3/q+1/t11?,13-,14+/m1/s1. The van der Waals surface area contributed by atoms with Crippen molar-refractivity contribution in [1.82, 2.24) is 0 Å². The fourth-order valence-corrected chi connectivity index (χ4v) is 5.28. The van der Waals surface area contributed by atoms with Crippen molar-refractivity contribution in [2.45, 2.75) is 30.6 Å². The molecule has 1 saturated heterocycles. The third kappa shape index (κ3) is 2.04. The van der Waals surface area contributed by atoms with E-state index in [4.69, 9.17) is 5.73 Å². The van der Waals surface area contributed by atoms with E-state index < -0.39 is 0 Å². The zero-order chi connectivity index (χ0) is 12.8. The Balaban J connectivity index is 1.79. The number of nitrogens with two attached hydrogens (primary N) is 1. The van der Waals surface area contributed by atoms with Crippen LogP contribution in [0.2, 0.25) is 0 Å². The zero-order valence-electron chi connectivity index (χ0n) is 11.1. The first-order chi connectivity index (χ1) is 8.63. The molecule has 0 amide bonds. The highest BCUT2D eigenvalue weighted by Gasteiger charge is 2.45. The van der Waals surface area contributed by atoms with Crippen molar-refractivity contribution in [3.05, 3.63) is 11.1 Å². The maximum absolute atomic E-state index is 11.4. The molecule has 2 aliphatic heterocycles. The van der Waals surface area contributed by atoms with E-state index >= 15 is 0 Å². The number of thioether (sulfide) groups is 1. The maximum atomic E-state index is 11.4. The van der Waals surface area contributed by atoms with Gasteiger partial charge in [-0.25, -0.2) is 0 Å². The van der Waals surface area contributed by atoms with Crippen LogP contribution >= 0.6 is 11.8 Å². The fourth-order valence-electron chi connectivity index (χ4n) is 3.78. The van der Waals surface area contributed by atoms with Gasteiger partial charge in [-0.15, -0.1) is 0 Å². The topological polar surface area (TPSA) is 43.1 Å². The Hall–Kier alpha value is -0.320. The van der Waals surface area contributed by atoms with Crippen molar-refractivity contribution in [1.29, 1.82) is 0 Å². The van der Waals surface area contributed by atoms with Gasteiger partial charge in [0.25, 0.3) is 0 Å². The molecule has 3 atom stereocenters. The molecule has 3 rings (SSSR count). The van der Waals surface area contributed by atoms with Crippen LogP contribution in [0, 0.1) is 5.92 Å². The highest BCUT2D eigenvalue weighted by atomic mass is 32.2. The van der Waals surface area contributed by atoms with E-state index in [2.05, 4.69) is 7.05 Å². The Morgan fingerprint density at radius 1 is 1.44 bits per heavy atom. The number of fused-ring (bicyclic) bond motifs is 1. The van der Waals surface area contributed by atoms with E-state index in [0.29, 0.717) is 17.2 Å². The van der Waals surface area contributed by atoms with Crippen LogP contribution in [-0.2, 0) is 4.79 Å². The molecule has 1 saturated carbocycles. The van der Waals surface area contributed by atoms with Crippen LogP contribution in [0.1, 0.15) is 19.3 Å². The van der Waals surface area contributed by atoms with Crippen LogP contribution in [0.25, 0.3) is 0 Å². The zero-order valence-corrected chi connectivity index (χ0v) is 11.9. The molecule has 0 bridgehead atoms. The van der Waals surface area contributed by atoms with E-state index in [0.717, 1.165) is 35.1 Å². The summed E-state index contributed by atoms with van der Waals surface area (Å²) in [5, 5.41) is 0.512. The van der Waals surface area contributed by atoms with Gasteiger partial charge in [0.05, 0.1) is 20.1 Å². The van der Waals surface area contributed by atoms with E-state index in [-0.39, 0.29) is 0 Å². The monoisotopic (exact) mass is 267 g/mol. The lowest BCUT2D eigenvalue weighted by Gasteiger charge is -2.46. The second-order valence-corrected chi connectivity index (χ2v) is 7.56. The number of hydrogen-bond acceptors (Lipinski definition) is 3. The summed E-state index contributed by atoms with van der Waals surface area (Å²) >= 11 is 1.98. The van der Waals surface area contributed by atoms with Crippen LogP contribution in [0.4, 0.5) is 0 Å². The molecule has 3 aliphatic rings. The first-order valence-corrected chi connectivity index (χ1v) is 8.06. The summed E-state index contributed by atoms with van der Waals surface area (Å²) in [6.45, 7) is 3.63. The highest BCUT2D eigenvalue weighted by Crippen LogP contribution is 2.46. The Kier molecular flexibility index (Phi) is 3.28. The molecule has 1 aliphatic carbocycles. The quantitative estimate of drug-likeness (QED) is 0.617. The summed E-state index contributed by atoms with van der Waals surface area (Å²) in [5.74, 6) is 1.48. The maximum Gasteiger partial charge on any atom is 0.146 e. The first-order valence-electron chi connectivity index (χ1n) is 7.01. The molecule has 2 heterocycles. The normalized spacial score (nSPS) is 38.2. The molecule has 3 nitrogen and oxygen atoms in total. The molecule has 0 aromatic heterocycles. The van der Waals surface area contributed by atoms with Crippen molar-refractivity contribution in [3.8, 4) is 0 Å². The number of allylic oxidation sites excluding steroid dienone is 1. The molecule has 0 aromatic carbocycles. The SMILES string of the molecule is C[N+]1(CC2=C(C=O)C3C[C@@H](N)[C@H]3SC2)CCCC1. The van der Waals surface area contributed by atoms with Crippen molar-refractivity contribution in [3.63, 3.8) is 0 Å². The van der Waals surface area contributed by atoms with E-state index in [9.17, 15) is 4.79 Å². The van der Waals surface area contributed by atoms with Gasteiger partial charge in [-0.1, -0.05) is 0 Å². The molecule has 0 aromatic rings. The average molecular weight is 267 g/mol. The fraction of sp³-hybridized carbons (Fsp3) is 0.786. The second-order valence-electron chi connectivity index (χ2n) is 6.39. The van der Waals surface area contributed by atoms with Gasteiger partial charge in [-0.05, 0) is 6.42 Å². The van der Waals surface area contributed by atoms with Crippen LogP contribution in [-0.4, -0.2) is 54.5 Å². The summed E-state index contributed by atoms with van der Waals surface area (Å²) in [5.41, 5.74) is 8.54. The lowest BCUT2D eigenvalue weighted by atomic mass is 9.74. The van der Waals surface area contributed by atoms with Crippen LogP contribution in [0.15, 0.2) is 11.1 Å². The molecular weight excluding hydrogens is 244 g/mol. The van der Waals surface area contributed by atoms with Crippen LogP contribution in [0.3, 0.4) is 0 Å². The van der Waals surface area contributed by atoms with Crippen molar-refractivity contribution in [2.75, 3.05) is 32.4 Å². The molecule has 18 heavy (non-hydrogen) atoms. The minimum Gasteiger partial charge on any atom is -0.327 e. The minimum atomic E-state index is 0.313. The Labute approximate surface area is 113 Å². The number of nitrogens with zero attached hydrogens (tertiary/aromatic N) is 1. The highest BCUT2D eigenvalue weighted by molar-refractivity contribution is 8.00. The van der Waals surface area contributed by atoms with Crippen LogP contribution < -0.4 is 5.73 Å². The van der Waals surface area contributed by atoms with E-state index in [1.165, 1.54) is 31.5 Å². The Bertz CT molecular complexity index is 387. The number of likely N-dealkylation sites (N-methyl/N-ethyl adjacent to an activating group) is 1. The molecule has 2 N–H and O–H groups in total. The molecule has 4 heteroatoms. The second kappa shape index (κ2) is 4.66. The number of quaternary nitrogens is 1. The van der Waals surface area contributed by atoms with Crippen molar-refractivity contribution < 1.29 is 9.28 Å². The summed E-state index contributed by atoms with van der Waals surface area (Å²) < 4.78 is 1.14. The van der Waals surface area contributed by atoms with Gasteiger partial charge in [0, 0.05) is 47.0 Å². The minimum absolute atomic E-state index is 0.313. The van der Waals surface area contributed by atoms with Crippen molar-refractivity contribution in [2.24, 2.45) is 11.7 Å². The molecule has 2 fully saturated rings. The number of hydrogen-bond donors (Lipinski definition) is 1. The molecule has 100 valence electrons. The molecule has 0 spiro atoms. The van der Waals surface area contributed by atoms with Gasteiger partial charge in [-0.2, -0.15) is 11.8 Å². The third-order valence-corrected chi connectivity index (χ3v) is 6.53. The molecule has 1 unspecified atom stereocenters. The molecule has 0 radical (unpaired) electrons. The van der Waals surface area contributed by atoms with E-state index in [1.807, 2.05) is 11.8 Å². The van der Waals surface area contributed by atoms with Gasteiger partial charge < -0.3 is 10.2 Å². The van der Waals surface area contributed by atoms with Gasteiger partial charge in [0.2, 0.25) is 0 Å². The predicted octanol–water partition coefficient (Wildman–Crippen LogP) is 1.18. The summed E-state index contributed by atoms with van der Waals surface area (Å²) in [7, 11) is 2.34.